The van der Waals surface area contributed by atoms with Crippen LogP contribution in [-0.2, 0) is 0 Å². The van der Waals surface area contributed by atoms with E-state index in [4.69, 9.17) is 13.9 Å². The van der Waals surface area contributed by atoms with Crippen molar-refractivity contribution in [3.05, 3.63) is 89.1 Å². The minimum absolute atomic E-state index is 0.0262. The number of carbonyl (C=O) groups is 2. The molecule has 3 aromatic rings. The summed E-state index contributed by atoms with van der Waals surface area (Å²) in [5.41, 5.74) is -0.0189. The molecule has 1 aromatic heterocycles. The summed E-state index contributed by atoms with van der Waals surface area (Å²) in [6.45, 7) is 0. The Morgan fingerprint density at radius 1 is 1.10 bits per heavy atom. The molecule has 0 aliphatic carbocycles. The standard InChI is InChI=1S/C22H14FNO5/c1-27-20-12-14(8-9-18(20)29-22(26)19-7-4-10-28-19)11-15(13-24)21(25)16-5-2-3-6-17(16)23/h2-12H,1H3/b15-11+. The molecule has 0 aliphatic rings. The van der Waals surface area contributed by atoms with Crippen LogP contribution in [-0.4, -0.2) is 18.9 Å². The van der Waals surface area contributed by atoms with Crippen LogP contribution >= 0.6 is 0 Å². The number of halogens is 1. The maximum absolute atomic E-state index is 13.9. The fraction of sp³-hybridized carbons (Fsp3) is 0.0455. The quantitative estimate of drug-likeness (QED) is 0.203. The Bertz CT molecular complexity index is 1130. The number of furan rings is 1. The molecule has 0 bridgehead atoms. The van der Waals surface area contributed by atoms with Gasteiger partial charge in [-0.1, -0.05) is 18.2 Å². The molecule has 0 N–H and O–H groups in total. The number of benzene rings is 2. The molecule has 0 unspecified atom stereocenters. The van der Waals surface area contributed by atoms with E-state index in [-0.39, 0.29) is 28.4 Å². The number of hydrogen-bond donors (Lipinski definition) is 0. The van der Waals surface area contributed by atoms with Gasteiger partial charge < -0.3 is 13.9 Å². The van der Waals surface area contributed by atoms with Gasteiger partial charge in [-0.05, 0) is 48.0 Å². The zero-order valence-electron chi connectivity index (χ0n) is 15.2. The molecule has 0 aliphatic heterocycles. The first-order valence-corrected chi connectivity index (χ1v) is 8.38. The van der Waals surface area contributed by atoms with Gasteiger partial charge in [0, 0.05) is 0 Å². The Kier molecular flexibility index (Phi) is 5.85. The highest BCUT2D eigenvalue weighted by molar-refractivity contribution is 6.14. The van der Waals surface area contributed by atoms with Gasteiger partial charge in [0.15, 0.2) is 11.5 Å². The Labute approximate surface area is 165 Å². The van der Waals surface area contributed by atoms with Crippen molar-refractivity contribution in [3.63, 3.8) is 0 Å². The SMILES string of the molecule is COc1cc(/C=C(\C#N)C(=O)c2ccccc2F)ccc1OC(=O)c1ccco1. The van der Waals surface area contributed by atoms with E-state index >= 15 is 0 Å². The summed E-state index contributed by atoms with van der Waals surface area (Å²) in [6.07, 6.45) is 2.65. The molecular weight excluding hydrogens is 377 g/mol. The molecular formula is C22H14FNO5. The lowest BCUT2D eigenvalue weighted by Crippen LogP contribution is -2.08. The highest BCUT2D eigenvalue weighted by Crippen LogP contribution is 2.30. The van der Waals surface area contributed by atoms with Crippen molar-refractivity contribution in [2.24, 2.45) is 0 Å². The number of allylic oxidation sites excluding steroid dienone is 1. The third kappa shape index (κ3) is 4.39. The van der Waals surface area contributed by atoms with Crippen LogP contribution < -0.4 is 9.47 Å². The van der Waals surface area contributed by atoms with Gasteiger partial charge in [-0.25, -0.2) is 9.18 Å². The van der Waals surface area contributed by atoms with Crippen LogP contribution in [0.3, 0.4) is 0 Å². The van der Waals surface area contributed by atoms with Gasteiger partial charge in [0.25, 0.3) is 0 Å². The summed E-state index contributed by atoms with van der Waals surface area (Å²) in [6, 6.07) is 14.7. The molecule has 0 radical (unpaired) electrons. The first-order valence-electron chi connectivity index (χ1n) is 8.38. The second kappa shape index (κ2) is 8.67. The predicted molar refractivity (Wildman–Crippen MR) is 101 cm³/mol. The molecule has 1 heterocycles. The molecule has 0 saturated carbocycles. The van der Waals surface area contributed by atoms with Gasteiger partial charge in [0.05, 0.1) is 18.9 Å². The molecule has 0 atom stereocenters. The van der Waals surface area contributed by atoms with Gasteiger partial charge in [-0.15, -0.1) is 0 Å². The van der Waals surface area contributed by atoms with Crippen molar-refractivity contribution < 1.29 is 27.9 Å². The number of ketones is 1. The van der Waals surface area contributed by atoms with Gasteiger partial charge in [-0.2, -0.15) is 5.26 Å². The van der Waals surface area contributed by atoms with Crippen molar-refractivity contribution >= 4 is 17.8 Å². The predicted octanol–water partition coefficient (Wildman–Crippen LogP) is 4.44. The Morgan fingerprint density at radius 3 is 2.55 bits per heavy atom. The van der Waals surface area contributed by atoms with Gasteiger partial charge in [0.2, 0.25) is 11.5 Å². The van der Waals surface area contributed by atoms with Crippen LogP contribution in [0.5, 0.6) is 11.5 Å². The van der Waals surface area contributed by atoms with E-state index in [0.717, 1.165) is 6.07 Å². The number of ether oxygens (including phenoxy) is 2. The molecule has 6 nitrogen and oxygen atoms in total. The Morgan fingerprint density at radius 2 is 1.90 bits per heavy atom. The second-order valence-electron chi connectivity index (χ2n) is 5.76. The van der Waals surface area contributed by atoms with Crippen LogP contribution in [0.25, 0.3) is 6.08 Å². The maximum Gasteiger partial charge on any atom is 0.379 e. The zero-order chi connectivity index (χ0) is 20.8. The summed E-state index contributed by atoms with van der Waals surface area (Å²) in [5, 5.41) is 9.34. The highest BCUT2D eigenvalue weighted by atomic mass is 19.1. The molecule has 144 valence electrons. The molecule has 7 heteroatoms. The number of rotatable bonds is 6. The van der Waals surface area contributed by atoms with E-state index in [1.807, 2.05) is 0 Å². The van der Waals surface area contributed by atoms with E-state index in [9.17, 15) is 19.2 Å². The Hall–Kier alpha value is -4.18. The molecule has 0 amide bonds. The fourth-order valence-corrected chi connectivity index (χ4v) is 2.51. The lowest BCUT2D eigenvalue weighted by molar-refractivity contribution is 0.0696. The largest absolute Gasteiger partial charge is 0.493 e. The minimum atomic E-state index is -0.738. The molecule has 0 spiro atoms. The van der Waals surface area contributed by atoms with Crippen LogP contribution in [0.2, 0.25) is 0 Å². The molecule has 0 fully saturated rings. The summed E-state index contributed by atoms with van der Waals surface area (Å²) >= 11 is 0. The number of methoxy groups -OCH3 is 1. The number of nitrogens with zero attached hydrogens (tertiary/aromatic N) is 1. The third-order valence-electron chi connectivity index (χ3n) is 3.91. The topological polar surface area (TPSA) is 89.5 Å². The lowest BCUT2D eigenvalue weighted by Gasteiger charge is -2.09. The Balaban J connectivity index is 1.88. The van der Waals surface area contributed by atoms with Gasteiger partial charge >= 0.3 is 5.97 Å². The molecule has 3 rings (SSSR count). The summed E-state index contributed by atoms with van der Waals surface area (Å²) < 4.78 is 29.3. The maximum atomic E-state index is 13.9. The second-order valence-corrected chi connectivity index (χ2v) is 5.76. The van der Waals surface area contributed by atoms with E-state index in [1.165, 1.54) is 61.9 Å². The number of nitriles is 1. The number of hydrogen-bond acceptors (Lipinski definition) is 6. The molecule has 29 heavy (non-hydrogen) atoms. The highest BCUT2D eigenvalue weighted by Gasteiger charge is 2.18. The fourth-order valence-electron chi connectivity index (χ4n) is 2.51. The summed E-state index contributed by atoms with van der Waals surface area (Å²) in [4.78, 5) is 24.5. The van der Waals surface area contributed by atoms with E-state index in [2.05, 4.69) is 0 Å². The average molecular weight is 391 g/mol. The van der Waals surface area contributed by atoms with Crippen LogP contribution in [0.1, 0.15) is 26.5 Å². The average Bonchev–Trinajstić information content (AvgIpc) is 3.28. The number of carbonyl (C=O) groups excluding carboxylic acids is 2. The monoisotopic (exact) mass is 391 g/mol. The van der Waals surface area contributed by atoms with Gasteiger partial charge in [0.1, 0.15) is 17.5 Å². The zero-order valence-corrected chi connectivity index (χ0v) is 15.2. The van der Waals surface area contributed by atoms with Crippen molar-refractivity contribution in [1.82, 2.24) is 0 Å². The van der Waals surface area contributed by atoms with Crippen molar-refractivity contribution in [2.75, 3.05) is 7.11 Å². The normalized spacial score (nSPS) is 10.9. The van der Waals surface area contributed by atoms with Crippen molar-refractivity contribution in [1.29, 1.82) is 5.26 Å². The lowest BCUT2D eigenvalue weighted by atomic mass is 10.0. The van der Waals surface area contributed by atoms with Crippen LogP contribution in [0.4, 0.5) is 4.39 Å². The smallest absolute Gasteiger partial charge is 0.379 e. The molecule has 0 saturated heterocycles. The van der Waals surface area contributed by atoms with Crippen LogP contribution in [0.15, 0.2) is 70.9 Å². The van der Waals surface area contributed by atoms with E-state index in [0.29, 0.717) is 5.56 Å². The van der Waals surface area contributed by atoms with Crippen molar-refractivity contribution in [3.8, 4) is 17.6 Å². The van der Waals surface area contributed by atoms with Crippen LogP contribution in [0, 0.1) is 17.1 Å². The first kappa shape index (κ1) is 19.6. The summed E-state index contributed by atoms with van der Waals surface area (Å²) in [5.74, 6) is -1.80. The molecule has 2 aromatic carbocycles. The van der Waals surface area contributed by atoms with Crippen molar-refractivity contribution in [2.45, 2.75) is 0 Å². The van der Waals surface area contributed by atoms with Gasteiger partial charge in [-0.3, -0.25) is 4.79 Å². The number of esters is 1. The minimum Gasteiger partial charge on any atom is -0.493 e. The first-order chi connectivity index (χ1) is 14.0. The van der Waals surface area contributed by atoms with E-state index < -0.39 is 17.6 Å². The van der Waals surface area contributed by atoms with E-state index in [1.54, 1.807) is 12.1 Å². The number of Topliss-reactive ketones (excluding diaryl/α,β-unsaturated/α-hetero) is 1. The third-order valence-corrected chi connectivity index (χ3v) is 3.91. The summed E-state index contributed by atoms with van der Waals surface area (Å²) in [7, 11) is 1.38.